The zero-order valence-electron chi connectivity index (χ0n) is 14.6. The van der Waals surface area contributed by atoms with Gasteiger partial charge in [0.25, 0.3) is 0 Å². The molecule has 0 amide bonds. The van der Waals surface area contributed by atoms with Gasteiger partial charge < -0.3 is 0 Å². The maximum Gasteiger partial charge on any atom is 0.247 e. The van der Waals surface area contributed by atoms with Crippen LogP contribution in [0.3, 0.4) is 0 Å². The van der Waals surface area contributed by atoms with E-state index in [2.05, 4.69) is 9.97 Å². The van der Waals surface area contributed by atoms with E-state index in [-0.39, 0.29) is 0 Å². The fourth-order valence-electron chi connectivity index (χ4n) is 2.23. The fourth-order valence-corrected chi connectivity index (χ4v) is 6.61. The Morgan fingerprint density at radius 1 is 0.567 bits per heavy atom. The van der Waals surface area contributed by atoms with Crippen molar-refractivity contribution in [2.75, 3.05) is 0 Å². The van der Waals surface area contributed by atoms with Gasteiger partial charge >= 0.3 is 0 Å². The van der Waals surface area contributed by atoms with Gasteiger partial charge in [-0.2, -0.15) is 0 Å². The highest BCUT2D eigenvalue weighted by molar-refractivity contribution is 8.78. The Bertz CT molecular complexity index is 899. The van der Waals surface area contributed by atoms with E-state index in [0.717, 1.165) is 53.9 Å². The summed E-state index contributed by atoms with van der Waals surface area (Å²) in [5.41, 5.74) is 3.56. The molecule has 2 nitrogen and oxygen atoms in total. The van der Waals surface area contributed by atoms with Crippen LogP contribution in [0.15, 0.2) is 70.7 Å². The van der Waals surface area contributed by atoms with E-state index in [1.807, 2.05) is 54.6 Å². The van der Waals surface area contributed by atoms with Crippen molar-refractivity contribution in [3.05, 3.63) is 60.9 Å². The molecule has 0 aliphatic heterocycles. The van der Waals surface area contributed by atoms with Gasteiger partial charge in [0.1, 0.15) is 6.33 Å². The van der Waals surface area contributed by atoms with Crippen molar-refractivity contribution in [1.82, 2.24) is 9.97 Å². The SMILES string of the molecule is ClC(Cl)(Cl)SSc1ccc(-c2cc(-c3ccc(SSC(Cl)(Cl)Cl)cc3)ncn2)cc1. The third kappa shape index (κ3) is 8.54. The quantitative estimate of drug-likeness (QED) is 0.208. The zero-order chi connectivity index (χ0) is 21.8. The molecule has 3 rings (SSSR count). The number of nitrogens with zero attached hydrogens (tertiary/aromatic N) is 2. The van der Waals surface area contributed by atoms with E-state index in [4.69, 9.17) is 69.6 Å². The van der Waals surface area contributed by atoms with Gasteiger partial charge in [-0.1, -0.05) is 115 Å². The van der Waals surface area contributed by atoms with Crippen molar-refractivity contribution in [1.29, 1.82) is 0 Å². The van der Waals surface area contributed by atoms with Gasteiger partial charge in [0, 0.05) is 20.9 Å². The molecule has 30 heavy (non-hydrogen) atoms. The minimum atomic E-state index is -1.36. The minimum absolute atomic E-state index is 0.816. The standard InChI is InChI=1S/C18H10Cl6N2S4/c19-17(20,21)29-27-13-5-1-11(2-6-13)15-9-16(26-10-25-15)12-3-7-14(8-4-12)28-30-18(22,23)24/h1-10H. The summed E-state index contributed by atoms with van der Waals surface area (Å²) in [6.45, 7) is 0. The largest absolute Gasteiger partial charge is 0.247 e. The number of rotatable bonds is 6. The molecular formula is C18H10Cl6N2S4. The predicted molar refractivity (Wildman–Crippen MR) is 140 cm³/mol. The lowest BCUT2D eigenvalue weighted by Crippen LogP contribution is -1.91. The molecule has 0 unspecified atom stereocenters. The van der Waals surface area contributed by atoms with Gasteiger partial charge in [-0.3, -0.25) is 0 Å². The second kappa shape index (κ2) is 11.2. The summed E-state index contributed by atoms with van der Waals surface area (Å²) in [5.74, 6) is 0. The van der Waals surface area contributed by atoms with Crippen molar-refractivity contribution < 1.29 is 0 Å². The van der Waals surface area contributed by atoms with Gasteiger partial charge in [-0.05, 0) is 51.9 Å². The molecule has 158 valence electrons. The molecule has 0 bridgehead atoms. The van der Waals surface area contributed by atoms with Gasteiger partial charge in [-0.25, -0.2) is 9.97 Å². The molecule has 1 heterocycles. The van der Waals surface area contributed by atoms with Crippen LogP contribution in [0, 0.1) is 0 Å². The molecule has 12 heteroatoms. The molecule has 0 spiro atoms. The maximum absolute atomic E-state index is 5.77. The molecule has 0 radical (unpaired) electrons. The lowest BCUT2D eigenvalue weighted by molar-refractivity contribution is 1.17. The molecule has 0 N–H and O–H groups in total. The molecular weight excluding hydrogens is 585 g/mol. The number of hydrogen-bond acceptors (Lipinski definition) is 6. The van der Waals surface area contributed by atoms with Gasteiger partial charge in [-0.15, -0.1) is 0 Å². The van der Waals surface area contributed by atoms with E-state index < -0.39 is 6.25 Å². The number of alkyl halides is 6. The average molecular weight is 595 g/mol. The molecule has 0 aliphatic carbocycles. The first kappa shape index (κ1) is 25.3. The number of aromatic nitrogens is 2. The fraction of sp³-hybridized carbons (Fsp3) is 0.111. The monoisotopic (exact) mass is 592 g/mol. The van der Waals surface area contributed by atoms with E-state index >= 15 is 0 Å². The lowest BCUT2D eigenvalue weighted by Gasteiger charge is -2.10. The van der Waals surface area contributed by atoms with Crippen LogP contribution >= 0.6 is 113 Å². The summed E-state index contributed by atoms with van der Waals surface area (Å²) in [6.07, 6.45) is 1.55. The molecule has 0 atom stereocenters. The molecule has 0 saturated carbocycles. The van der Waals surface area contributed by atoms with Crippen LogP contribution in [0.1, 0.15) is 0 Å². The summed E-state index contributed by atoms with van der Waals surface area (Å²) in [6, 6.07) is 17.7. The summed E-state index contributed by atoms with van der Waals surface area (Å²) >= 11 is 34.6. The number of benzene rings is 2. The third-order valence-corrected chi connectivity index (χ3v) is 11.1. The first-order valence-corrected chi connectivity index (χ1v) is 14.5. The maximum atomic E-state index is 5.77. The Hall–Kier alpha value is 0.660. The molecule has 2 aromatic carbocycles. The van der Waals surface area contributed by atoms with Crippen LogP contribution in [-0.2, 0) is 0 Å². The van der Waals surface area contributed by atoms with E-state index in [1.54, 1.807) is 6.33 Å². The Morgan fingerprint density at radius 2 is 0.933 bits per heavy atom. The molecule has 0 aliphatic rings. The molecule has 0 fully saturated rings. The van der Waals surface area contributed by atoms with Crippen LogP contribution < -0.4 is 0 Å². The van der Waals surface area contributed by atoms with Crippen LogP contribution in [0.4, 0.5) is 0 Å². The smallest absolute Gasteiger partial charge is 0.236 e. The van der Waals surface area contributed by atoms with Crippen molar-refractivity contribution in [3.63, 3.8) is 0 Å². The Kier molecular flexibility index (Phi) is 9.43. The van der Waals surface area contributed by atoms with E-state index in [9.17, 15) is 0 Å². The summed E-state index contributed by atoms with van der Waals surface area (Å²) in [4.78, 5) is 10.7. The molecule has 0 saturated heterocycles. The first-order valence-electron chi connectivity index (χ1n) is 7.97. The summed E-state index contributed by atoms with van der Waals surface area (Å²) in [7, 11) is 5.11. The highest BCUT2D eigenvalue weighted by atomic mass is 35.6. The highest BCUT2D eigenvalue weighted by Crippen LogP contribution is 2.49. The van der Waals surface area contributed by atoms with Gasteiger partial charge in [0.2, 0.25) is 6.25 Å². The first-order chi connectivity index (χ1) is 14.1. The zero-order valence-corrected chi connectivity index (χ0v) is 22.4. The normalized spacial score (nSPS) is 12.2. The second-order valence-corrected chi connectivity index (χ2v) is 16.3. The van der Waals surface area contributed by atoms with Crippen molar-refractivity contribution in [3.8, 4) is 22.5 Å². The highest BCUT2D eigenvalue weighted by Gasteiger charge is 2.21. The van der Waals surface area contributed by atoms with Crippen LogP contribution in [0.2, 0.25) is 0 Å². The Balaban J connectivity index is 1.71. The second-order valence-electron chi connectivity index (χ2n) is 5.56. The van der Waals surface area contributed by atoms with E-state index in [0.29, 0.717) is 0 Å². The number of halogens is 6. The topological polar surface area (TPSA) is 25.8 Å². The van der Waals surface area contributed by atoms with Crippen molar-refractivity contribution in [2.45, 2.75) is 16.0 Å². The summed E-state index contributed by atoms with van der Waals surface area (Å²) in [5, 5.41) is 0. The number of hydrogen-bond donors (Lipinski definition) is 0. The van der Waals surface area contributed by atoms with Gasteiger partial charge in [0.05, 0.1) is 11.4 Å². The molecule has 3 aromatic rings. The van der Waals surface area contributed by atoms with Crippen LogP contribution in [0.25, 0.3) is 22.5 Å². The van der Waals surface area contributed by atoms with E-state index in [1.165, 1.54) is 21.6 Å². The minimum Gasteiger partial charge on any atom is -0.236 e. The van der Waals surface area contributed by atoms with Crippen LogP contribution in [-0.4, -0.2) is 16.2 Å². The summed E-state index contributed by atoms with van der Waals surface area (Å²) < 4.78 is -2.72. The predicted octanol–water partition coefficient (Wildman–Crippen LogP) is 9.95. The van der Waals surface area contributed by atoms with Gasteiger partial charge in [0.15, 0.2) is 0 Å². The Labute approximate surface area is 220 Å². The average Bonchev–Trinajstić information content (AvgIpc) is 2.71. The van der Waals surface area contributed by atoms with Crippen molar-refractivity contribution in [2.24, 2.45) is 0 Å². The third-order valence-electron chi connectivity index (χ3n) is 3.43. The van der Waals surface area contributed by atoms with Crippen molar-refractivity contribution >= 4 is 113 Å². The van der Waals surface area contributed by atoms with Crippen LogP contribution in [0.5, 0.6) is 0 Å². The lowest BCUT2D eigenvalue weighted by atomic mass is 10.1. The Morgan fingerprint density at radius 3 is 1.27 bits per heavy atom. The molecule has 1 aromatic heterocycles.